The van der Waals surface area contributed by atoms with E-state index in [0.717, 1.165) is 12.8 Å². The second-order valence-electron chi connectivity index (χ2n) is 3.64. The summed E-state index contributed by atoms with van der Waals surface area (Å²) in [5.41, 5.74) is 8.87. The molecule has 0 saturated heterocycles. The van der Waals surface area contributed by atoms with Gasteiger partial charge in [0, 0.05) is 6.04 Å². The van der Waals surface area contributed by atoms with Crippen molar-refractivity contribution in [3.8, 4) is 0 Å². The highest BCUT2D eigenvalue weighted by Gasteiger charge is 2.19. The summed E-state index contributed by atoms with van der Waals surface area (Å²) < 4.78 is 4.65. The predicted molar refractivity (Wildman–Crippen MR) is 60.4 cm³/mol. The van der Waals surface area contributed by atoms with Crippen LogP contribution in [0, 0.1) is 0 Å². The van der Waals surface area contributed by atoms with Crippen molar-refractivity contribution < 1.29 is 9.53 Å². The van der Waals surface area contributed by atoms with Crippen molar-refractivity contribution in [1.29, 1.82) is 0 Å². The van der Waals surface area contributed by atoms with Gasteiger partial charge in [0.25, 0.3) is 0 Å². The van der Waals surface area contributed by atoms with Gasteiger partial charge in [-0.3, -0.25) is 0 Å². The summed E-state index contributed by atoms with van der Waals surface area (Å²) in [6.45, 7) is 0. The molecule has 1 atom stereocenters. The zero-order chi connectivity index (χ0) is 10.1. The van der Waals surface area contributed by atoms with E-state index in [2.05, 4.69) is 4.74 Å². The van der Waals surface area contributed by atoms with Crippen molar-refractivity contribution in [3.05, 3.63) is 34.9 Å². The van der Waals surface area contributed by atoms with Crippen molar-refractivity contribution in [2.75, 3.05) is 7.11 Å². The summed E-state index contributed by atoms with van der Waals surface area (Å²) in [4.78, 5) is 11.2. The normalized spacial score (nSPS) is 17.9. The number of carbonyl (C=O) groups excluding carboxylic acids is 1. The molecular weight excluding hydrogens is 214 g/mol. The van der Waals surface area contributed by atoms with Crippen LogP contribution in [0.4, 0.5) is 0 Å². The largest absolute Gasteiger partial charge is 0.465 e. The van der Waals surface area contributed by atoms with E-state index < -0.39 is 0 Å². The first kappa shape index (κ1) is 12.0. The highest BCUT2D eigenvalue weighted by molar-refractivity contribution is 5.89. The Morgan fingerprint density at radius 2 is 2.07 bits per heavy atom. The summed E-state index contributed by atoms with van der Waals surface area (Å²) in [7, 11) is 1.39. The molecule has 2 rings (SSSR count). The molecule has 1 aromatic carbocycles. The Morgan fingerprint density at radius 3 is 2.73 bits per heavy atom. The minimum absolute atomic E-state index is 0. The lowest BCUT2D eigenvalue weighted by molar-refractivity contribution is 0.0600. The lowest BCUT2D eigenvalue weighted by Crippen LogP contribution is -2.19. The van der Waals surface area contributed by atoms with Gasteiger partial charge in [-0.1, -0.05) is 6.07 Å². The van der Waals surface area contributed by atoms with Crippen molar-refractivity contribution >= 4 is 18.4 Å². The Morgan fingerprint density at radius 1 is 1.40 bits per heavy atom. The summed E-state index contributed by atoms with van der Waals surface area (Å²) in [6, 6.07) is 5.85. The molecule has 0 radical (unpaired) electrons. The molecule has 0 saturated carbocycles. The van der Waals surface area contributed by atoms with Crippen LogP contribution in [-0.2, 0) is 17.6 Å². The molecule has 0 spiro atoms. The summed E-state index contributed by atoms with van der Waals surface area (Å²) in [5, 5.41) is 0. The lowest BCUT2D eigenvalue weighted by atomic mass is 10.1. The van der Waals surface area contributed by atoms with E-state index in [1.54, 1.807) is 6.07 Å². The Bertz CT molecular complexity index is 379. The van der Waals surface area contributed by atoms with Gasteiger partial charge in [-0.05, 0) is 36.1 Å². The molecule has 3 nitrogen and oxygen atoms in total. The topological polar surface area (TPSA) is 52.3 Å². The molecule has 1 aliphatic carbocycles. The van der Waals surface area contributed by atoms with Crippen LogP contribution in [0.25, 0.3) is 0 Å². The number of methoxy groups -OCH3 is 1. The standard InChI is InChI=1S/C11H13NO2.ClH/c1-14-11(13)8-3-2-7-5-10(12)6-9(7)4-8;/h2-4,10H,5-6,12H2,1H3;1H/t10-;/m1./s1. The van der Waals surface area contributed by atoms with Gasteiger partial charge >= 0.3 is 5.97 Å². The summed E-state index contributed by atoms with van der Waals surface area (Å²) in [5.74, 6) is -0.284. The first-order valence-electron chi connectivity index (χ1n) is 4.66. The van der Waals surface area contributed by atoms with Crippen LogP contribution < -0.4 is 5.73 Å². The SMILES string of the molecule is COC(=O)c1ccc2c(c1)C[C@H](N)C2.Cl. The molecule has 1 aromatic rings. The van der Waals surface area contributed by atoms with E-state index in [1.807, 2.05) is 12.1 Å². The first-order chi connectivity index (χ1) is 6.70. The molecule has 0 heterocycles. The van der Waals surface area contributed by atoms with Crippen molar-refractivity contribution in [3.63, 3.8) is 0 Å². The van der Waals surface area contributed by atoms with Gasteiger partial charge in [-0.15, -0.1) is 12.4 Å². The molecule has 1 aliphatic rings. The fourth-order valence-corrected chi connectivity index (χ4v) is 1.90. The molecule has 0 fully saturated rings. The van der Waals surface area contributed by atoms with Crippen LogP contribution >= 0.6 is 12.4 Å². The summed E-state index contributed by atoms with van der Waals surface area (Å²) >= 11 is 0. The van der Waals surface area contributed by atoms with E-state index in [9.17, 15) is 4.79 Å². The minimum Gasteiger partial charge on any atom is -0.465 e. The molecule has 15 heavy (non-hydrogen) atoms. The fourth-order valence-electron chi connectivity index (χ4n) is 1.90. The first-order valence-corrected chi connectivity index (χ1v) is 4.66. The lowest BCUT2D eigenvalue weighted by Gasteiger charge is -2.02. The maximum Gasteiger partial charge on any atom is 0.337 e. The van der Waals surface area contributed by atoms with Crippen LogP contribution in [0.3, 0.4) is 0 Å². The van der Waals surface area contributed by atoms with Gasteiger partial charge in [-0.2, -0.15) is 0 Å². The number of nitrogens with two attached hydrogens (primary N) is 1. The third-order valence-corrected chi connectivity index (χ3v) is 2.59. The number of hydrogen-bond donors (Lipinski definition) is 1. The highest BCUT2D eigenvalue weighted by Crippen LogP contribution is 2.22. The van der Waals surface area contributed by atoms with E-state index in [-0.39, 0.29) is 24.4 Å². The monoisotopic (exact) mass is 227 g/mol. The van der Waals surface area contributed by atoms with Crippen molar-refractivity contribution in [1.82, 2.24) is 0 Å². The molecule has 2 N–H and O–H groups in total. The minimum atomic E-state index is -0.284. The Kier molecular flexibility index (Phi) is 3.72. The molecule has 82 valence electrons. The van der Waals surface area contributed by atoms with Crippen LogP contribution in [0.5, 0.6) is 0 Å². The maximum absolute atomic E-state index is 11.2. The zero-order valence-corrected chi connectivity index (χ0v) is 9.34. The number of benzene rings is 1. The summed E-state index contributed by atoms with van der Waals surface area (Å²) in [6.07, 6.45) is 1.77. The van der Waals surface area contributed by atoms with Gasteiger partial charge in [-0.25, -0.2) is 4.79 Å². The second-order valence-corrected chi connectivity index (χ2v) is 3.64. The Labute approximate surface area is 95.0 Å². The average molecular weight is 228 g/mol. The van der Waals surface area contributed by atoms with Crippen LogP contribution in [0.1, 0.15) is 21.5 Å². The van der Waals surface area contributed by atoms with Gasteiger partial charge in [0.1, 0.15) is 0 Å². The number of esters is 1. The van der Waals surface area contributed by atoms with Crippen molar-refractivity contribution in [2.45, 2.75) is 18.9 Å². The Balaban J connectivity index is 0.00000112. The number of ether oxygens (including phenoxy) is 1. The highest BCUT2D eigenvalue weighted by atomic mass is 35.5. The van der Waals surface area contributed by atoms with Crippen LogP contribution in [-0.4, -0.2) is 19.1 Å². The van der Waals surface area contributed by atoms with E-state index in [0.29, 0.717) is 5.56 Å². The third-order valence-electron chi connectivity index (χ3n) is 2.59. The number of hydrogen-bond acceptors (Lipinski definition) is 3. The van der Waals surface area contributed by atoms with Crippen molar-refractivity contribution in [2.24, 2.45) is 5.73 Å². The van der Waals surface area contributed by atoms with Gasteiger partial charge in [0.15, 0.2) is 0 Å². The maximum atomic E-state index is 11.2. The van der Waals surface area contributed by atoms with E-state index >= 15 is 0 Å². The molecule has 0 aliphatic heterocycles. The van der Waals surface area contributed by atoms with Gasteiger partial charge in [0.2, 0.25) is 0 Å². The number of halogens is 1. The Hall–Kier alpha value is -1.06. The predicted octanol–water partition coefficient (Wildman–Crippen LogP) is 1.32. The molecule has 0 unspecified atom stereocenters. The number of fused-ring (bicyclic) bond motifs is 1. The average Bonchev–Trinajstić information content (AvgIpc) is 2.55. The van der Waals surface area contributed by atoms with Gasteiger partial charge in [0.05, 0.1) is 12.7 Å². The van der Waals surface area contributed by atoms with Crippen LogP contribution in [0.2, 0.25) is 0 Å². The second kappa shape index (κ2) is 4.64. The number of carbonyl (C=O) groups is 1. The smallest absolute Gasteiger partial charge is 0.337 e. The molecule has 0 amide bonds. The molecule has 4 heteroatoms. The fraction of sp³-hybridized carbons (Fsp3) is 0.364. The third kappa shape index (κ3) is 2.30. The molecule has 0 aromatic heterocycles. The van der Waals surface area contributed by atoms with E-state index in [4.69, 9.17) is 5.73 Å². The number of rotatable bonds is 1. The quantitative estimate of drug-likeness (QED) is 0.737. The van der Waals surface area contributed by atoms with Gasteiger partial charge < -0.3 is 10.5 Å². The zero-order valence-electron chi connectivity index (χ0n) is 8.53. The van der Waals surface area contributed by atoms with E-state index in [1.165, 1.54) is 18.2 Å². The van der Waals surface area contributed by atoms with Crippen LogP contribution in [0.15, 0.2) is 18.2 Å². The molecular formula is C11H14ClNO2. The molecule has 0 bridgehead atoms.